The molecule has 0 aromatic heterocycles. The number of rotatable bonds is 5. The van der Waals surface area contributed by atoms with Gasteiger partial charge < -0.3 is 4.90 Å². The topological polar surface area (TPSA) is 63.4 Å². The molecule has 0 unspecified atom stereocenters. The van der Waals surface area contributed by atoms with Crippen molar-refractivity contribution in [2.45, 2.75) is 6.54 Å². The van der Waals surface area contributed by atoms with Gasteiger partial charge in [-0.05, 0) is 35.9 Å². The number of nitrogens with zero attached hydrogens (tertiary/aromatic N) is 2. The van der Waals surface area contributed by atoms with E-state index < -0.39 is 10.8 Å². The van der Waals surface area contributed by atoms with Crippen molar-refractivity contribution in [1.82, 2.24) is 0 Å². The van der Waals surface area contributed by atoms with Crippen molar-refractivity contribution >= 4 is 56.4 Å². The first-order valence-corrected chi connectivity index (χ1v) is 9.66. The molecule has 0 spiro atoms. The summed E-state index contributed by atoms with van der Waals surface area (Å²) >= 11 is 16.1. The van der Waals surface area contributed by atoms with Crippen LogP contribution in [0.1, 0.15) is 15.9 Å². The van der Waals surface area contributed by atoms with Gasteiger partial charge in [-0.25, -0.2) is 0 Å². The Morgan fingerprint density at radius 2 is 1.61 bits per heavy atom. The molecule has 3 aromatic rings. The molecule has 28 heavy (non-hydrogen) atoms. The Bertz CT molecular complexity index is 1020. The maximum atomic E-state index is 13.3. The summed E-state index contributed by atoms with van der Waals surface area (Å²) in [7, 11) is 0. The second kappa shape index (κ2) is 8.73. The van der Waals surface area contributed by atoms with Crippen LogP contribution < -0.4 is 4.90 Å². The first-order valence-electron chi connectivity index (χ1n) is 8.11. The normalized spacial score (nSPS) is 10.5. The lowest BCUT2D eigenvalue weighted by molar-refractivity contribution is -0.384. The van der Waals surface area contributed by atoms with E-state index in [1.807, 2.05) is 24.3 Å². The van der Waals surface area contributed by atoms with E-state index in [-0.39, 0.29) is 17.8 Å². The van der Waals surface area contributed by atoms with Gasteiger partial charge in [-0.1, -0.05) is 63.4 Å². The fraction of sp³-hybridized carbons (Fsp3) is 0.0500. The predicted molar refractivity (Wildman–Crippen MR) is 114 cm³/mol. The van der Waals surface area contributed by atoms with Crippen LogP contribution in [0, 0.1) is 10.1 Å². The number of nitro benzene ring substituents is 1. The molecule has 3 rings (SSSR count). The van der Waals surface area contributed by atoms with Gasteiger partial charge in [0.05, 0.1) is 27.2 Å². The van der Waals surface area contributed by atoms with Crippen molar-refractivity contribution in [1.29, 1.82) is 0 Å². The number of benzene rings is 3. The summed E-state index contributed by atoms with van der Waals surface area (Å²) in [6.45, 7) is 0.193. The summed E-state index contributed by atoms with van der Waals surface area (Å²) in [6.07, 6.45) is 0. The smallest absolute Gasteiger partial charge is 0.270 e. The lowest BCUT2D eigenvalue weighted by atomic mass is 10.1. The highest BCUT2D eigenvalue weighted by atomic mass is 79.9. The van der Waals surface area contributed by atoms with Crippen molar-refractivity contribution in [2.75, 3.05) is 4.90 Å². The van der Waals surface area contributed by atoms with E-state index in [1.165, 1.54) is 29.2 Å². The Balaban J connectivity index is 2.07. The minimum Gasteiger partial charge on any atom is -0.301 e. The monoisotopic (exact) mass is 478 g/mol. The maximum absolute atomic E-state index is 13.3. The second-order valence-corrected chi connectivity index (χ2v) is 7.63. The fourth-order valence-electron chi connectivity index (χ4n) is 2.68. The van der Waals surface area contributed by atoms with Crippen molar-refractivity contribution in [3.8, 4) is 0 Å². The molecule has 0 aliphatic carbocycles. The van der Waals surface area contributed by atoms with Gasteiger partial charge in [-0.15, -0.1) is 0 Å². The summed E-state index contributed by atoms with van der Waals surface area (Å²) in [4.78, 5) is 25.2. The number of amides is 1. The molecule has 142 valence electrons. The minimum atomic E-state index is -0.543. The van der Waals surface area contributed by atoms with Gasteiger partial charge in [0.25, 0.3) is 11.6 Å². The molecule has 5 nitrogen and oxygen atoms in total. The van der Waals surface area contributed by atoms with Crippen LogP contribution in [0.5, 0.6) is 0 Å². The molecule has 0 aliphatic heterocycles. The summed E-state index contributed by atoms with van der Waals surface area (Å²) in [5.74, 6) is -0.443. The van der Waals surface area contributed by atoms with Gasteiger partial charge in [-0.2, -0.15) is 0 Å². The molecule has 0 saturated carbocycles. The highest BCUT2D eigenvalue weighted by Crippen LogP contribution is 2.35. The van der Waals surface area contributed by atoms with Gasteiger partial charge in [0, 0.05) is 22.2 Å². The van der Waals surface area contributed by atoms with Gasteiger partial charge in [-0.3, -0.25) is 14.9 Å². The van der Waals surface area contributed by atoms with Gasteiger partial charge >= 0.3 is 0 Å². The van der Waals surface area contributed by atoms with E-state index in [9.17, 15) is 14.9 Å². The SMILES string of the molecule is O=C(c1cccc([N+](=O)[O-])c1)N(Cc1ccc(Br)cc1)c1c(Cl)cccc1Cl. The lowest BCUT2D eigenvalue weighted by Crippen LogP contribution is -2.31. The van der Waals surface area contributed by atoms with Crippen LogP contribution in [0.4, 0.5) is 11.4 Å². The average molecular weight is 480 g/mol. The highest BCUT2D eigenvalue weighted by molar-refractivity contribution is 9.10. The Kier molecular flexibility index (Phi) is 6.34. The van der Waals surface area contributed by atoms with Crippen molar-refractivity contribution in [3.05, 3.63) is 102 Å². The second-order valence-electron chi connectivity index (χ2n) is 5.90. The van der Waals surface area contributed by atoms with Gasteiger partial charge in [0.1, 0.15) is 0 Å². The number of non-ortho nitro benzene ring substituents is 1. The molecule has 3 aromatic carbocycles. The Morgan fingerprint density at radius 1 is 1.00 bits per heavy atom. The summed E-state index contributed by atoms with van der Waals surface area (Å²) in [6, 6.07) is 18.0. The molecular formula is C20H13BrCl2N2O3. The number of carbonyl (C=O) groups excluding carboxylic acids is 1. The number of hydrogen-bond donors (Lipinski definition) is 0. The molecule has 0 radical (unpaired) electrons. The number of halogens is 3. The van der Waals surface area contributed by atoms with Crippen LogP contribution >= 0.6 is 39.1 Å². The number of para-hydroxylation sites is 1. The Hall–Kier alpha value is -2.41. The number of hydrogen-bond acceptors (Lipinski definition) is 3. The fourth-order valence-corrected chi connectivity index (χ4v) is 3.55. The Morgan fingerprint density at radius 3 is 2.21 bits per heavy atom. The zero-order valence-electron chi connectivity index (χ0n) is 14.3. The predicted octanol–water partition coefficient (Wildman–Crippen LogP) is 6.51. The van der Waals surface area contributed by atoms with Crippen LogP contribution in [0.2, 0.25) is 10.0 Å². The minimum absolute atomic E-state index is 0.167. The van der Waals surface area contributed by atoms with E-state index >= 15 is 0 Å². The number of carbonyl (C=O) groups is 1. The third-order valence-corrected chi connectivity index (χ3v) is 5.15. The molecule has 0 atom stereocenters. The van der Waals surface area contributed by atoms with E-state index in [0.29, 0.717) is 15.7 Å². The third-order valence-electron chi connectivity index (χ3n) is 4.01. The third kappa shape index (κ3) is 4.52. The molecule has 1 amide bonds. The summed E-state index contributed by atoms with van der Waals surface area (Å²) in [5, 5.41) is 11.7. The molecule has 0 heterocycles. The standard InChI is InChI=1S/C20H13BrCl2N2O3/c21-15-9-7-13(8-10-15)12-24(19-17(22)5-2-6-18(19)23)20(26)14-3-1-4-16(11-14)25(27)28/h1-11H,12H2. The van der Waals surface area contributed by atoms with E-state index in [0.717, 1.165) is 10.0 Å². The highest BCUT2D eigenvalue weighted by Gasteiger charge is 2.24. The van der Waals surface area contributed by atoms with Crippen LogP contribution in [0.3, 0.4) is 0 Å². The molecule has 0 aliphatic rings. The molecule has 0 bridgehead atoms. The first-order chi connectivity index (χ1) is 13.4. The number of anilines is 1. The van der Waals surface area contributed by atoms with Crippen molar-refractivity contribution in [2.24, 2.45) is 0 Å². The zero-order valence-corrected chi connectivity index (χ0v) is 17.4. The maximum Gasteiger partial charge on any atom is 0.270 e. The lowest BCUT2D eigenvalue weighted by Gasteiger charge is -2.25. The van der Waals surface area contributed by atoms with Crippen LogP contribution in [0.15, 0.2) is 71.2 Å². The van der Waals surface area contributed by atoms with E-state index in [1.54, 1.807) is 18.2 Å². The van der Waals surface area contributed by atoms with Gasteiger partial charge in [0.15, 0.2) is 0 Å². The zero-order chi connectivity index (χ0) is 20.3. The van der Waals surface area contributed by atoms with Crippen LogP contribution in [-0.2, 0) is 6.54 Å². The Labute approximate surface area is 179 Å². The van der Waals surface area contributed by atoms with E-state index in [2.05, 4.69) is 15.9 Å². The van der Waals surface area contributed by atoms with E-state index in [4.69, 9.17) is 23.2 Å². The van der Waals surface area contributed by atoms with Crippen molar-refractivity contribution in [3.63, 3.8) is 0 Å². The van der Waals surface area contributed by atoms with Crippen molar-refractivity contribution < 1.29 is 9.72 Å². The van der Waals surface area contributed by atoms with Gasteiger partial charge in [0.2, 0.25) is 0 Å². The molecule has 0 fully saturated rings. The largest absolute Gasteiger partial charge is 0.301 e. The summed E-state index contributed by atoms with van der Waals surface area (Å²) in [5.41, 5.74) is 1.20. The van der Waals surface area contributed by atoms with Crippen LogP contribution in [-0.4, -0.2) is 10.8 Å². The molecular weight excluding hydrogens is 467 g/mol. The quantitative estimate of drug-likeness (QED) is 0.309. The molecule has 0 saturated heterocycles. The number of nitro groups is 1. The first kappa shape index (κ1) is 20.3. The van der Waals surface area contributed by atoms with Crippen LogP contribution in [0.25, 0.3) is 0 Å². The molecule has 0 N–H and O–H groups in total. The average Bonchev–Trinajstić information content (AvgIpc) is 2.68. The molecule has 8 heteroatoms. The summed E-state index contributed by atoms with van der Waals surface area (Å²) < 4.78 is 0.906.